The maximum absolute atomic E-state index is 13.0. The molecule has 2 aromatic heterocycles. The number of amides is 1. The number of aromatic nitrogens is 2. The molecule has 0 spiro atoms. The quantitative estimate of drug-likeness (QED) is 0.699. The Balaban J connectivity index is 1.72. The molecule has 1 amide bonds. The second-order valence-electron chi connectivity index (χ2n) is 6.55. The Labute approximate surface area is 159 Å². The largest absolute Gasteiger partial charge is 0.467 e. The van der Waals surface area contributed by atoms with Crippen LogP contribution < -0.4 is 0 Å². The maximum Gasteiger partial charge on any atom is 0.328 e. The molecule has 27 heavy (non-hydrogen) atoms. The number of nitrogens with zero attached hydrogens (tertiary/aromatic N) is 3. The van der Waals surface area contributed by atoms with Crippen molar-refractivity contribution in [2.24, 2.45) is 0 Å². The Hall–Kier alpha value is -2.71. The van der Waals surface area contributed by atoms with E-state index in [0.717, 1.165) is 21.6 Å². The molecule has 0 unspecified atom stereocenters. The second kappa shape index (κ2) is 6.79. The summed E-state index contributed by atoms with van der Waals surface area (Å²) in [4.78, 5) is 27.8. The van der Waals surface area contributed by atoms with Crippen LogP contribution in [0.3, 0.4) is 0 Å². The number of carbonyl (C=O) groups excluding carboxylic acids is 2. The molecule has 2 atom stereocenters. The zero-order valence-electron chi connectivity index (χ0n) is 15.0. The van der Waals surface area contributed by atoms with Crippen LogP contribution in [0.5, 0.6) is 0 Å². The molecule has 8 heteroatoms. The first-order valence-electron chi connectivity index (χ1n) is 8.61. The Kier molecular flexibility index (Phi) is 4.45. The molecule has 1 saturated heterocycles. The van der Waals surface area contributed by atoms with Crippen LogP contribution in [0.25, 0.3) is 15.9 Å². The van der Waals surface area contributed by atoms with Crippen molar-refractivity contribution in [2.75, 3.05) is 13.7 Å². The minimum absolute atomic E-state index is 0.122. The molecule has 1 aliphatic rings. The zero-order valence-corrected chi connectivity index (χ0v) is 15.8. The number of thiophene rings is 1. The Morgan fingerprint density at radius 1 is 1.30 bits per heavy atom. The third-order valence-corrected chi connectivity index (χ3v) is 5.87. The number of hydrogen-bond acceptors (Lipinski definition) is 6. The van der Waals surface area contributed by atoms with Gasteiger partial charge in [-0.3, -0.25) is 4.79 Å². The first-order chi connectivity index (χ1) is 13.0. The van der Waals surface area contributed by atoms with E-state index in [2.05, 4.69) is 5.10 Å². The fraction of sp³-hybridized carbons (Fsp3) is 0.316. The van der Waals surface area contributed by atoms with E-state index in [9.17, 15) is 14.7 Å². The minimum atomic E-state index is -0.755. The van der Waals surface area contributed by atoms with E-state index in [1.807, 2.05) is 48.0 Å². The molecule has 3 heterocycles. The van der Waals surface area contributed by atoms with Gasteiger partial charge in [0.05, 0.1) is 29.5 Å². The smallest absolute Gasteiger partial charge is 0.328 e. The summed E-state index contributed by atoms with van der Waals surface area (Å²) < 4.78 is 6.61. The first-order valence-corrected chi connectivity index (χ1v) is 9.42. The number of esters is 1. The predicted molar refractivity (Wildman–Crippen MR) is 101 cm³/mol. The number of rotatable bonds is 3. The number of fused-ring (bicyclic) bond motifs is 1. The number of β-amino-alcohol motifs (C(OH)–C–C–N with tert-alkyl or cyclic N) is 1. The van der Waals surface area contributed by atoms with Crippen molar-refractivity contribution in [3.8, 4) is 5.69 Å². The van der Waals surface area contributed by atoms with Gasteiger partial charge in [-0.25, -0.2) is 9.48 Å². The summed E-state index contributed by atoms with van der Waals surface area (Å²) in [6, 6.07) is 10.8. The monoisotopic (exact) mass is 385 g/mol. The van der Waals surface area contributed by atoms with E-state index in [0.29, 0.717) is 4.88 Å². The molecule has 0 aliphatic carbocycles. The Bertz CT molecular complexity index is 1010. The van der Waals surface area contributed by atoms with Crippen LogP contribution in [0.2, 0.25) is 0 Å². The van der Waals surface area contributed by atoms with Crippen LogP contribution in [-0.2, 0) is 9.53 Å². The van der Waals surface area contributed by atoms with Crippen molar-refractivity contribution in [3.63, 3.8) is 0 Å². The lowest BCUT2D eigenvalue weighted by atomic mass is 10.2. The standard InChI is InChI=1S/C19H19N3O4S/c1-11-14-9-16(17(24)21-10-13(23)8-15(21)19(25)26-2)27-18(14)22(20-11)12-6-4-3-5-7-12/h3-7,9,13,15,23H,8,10H2,1-2H3/t13-,15+/m1/s1. The van der Waals surface area contributed by atoms with E-state index in [1.165, 1.54) is 23.3 Å². The van der Waals surface area contributed by atoms with Crippen LogP contribution in [0.15, 0.2) is 36.4 Å². The highest BCUT2D eigenvalue weighted by Crippen LogP contribution is 2.32. The third kappa shape index (κ3) is 3.00. The third-order valence-electron chi connectivity index (χ3n) is 4.77. The molecule has 3 aromatic rings. The lowest BCUT2D eigenvalue weighted by Gasteiger charge is -2.21. The lowest BCUT2D eigenvalue weighted by molar-refractivity contribution is -0.145. The molecular weight excluding hydrogens is 366 g/mol. The van der Waals surface area contributed by atoms with Crippen molar-refractivity contribution >= 4 is 33.4 Å². The SMILES string of the molecule is COC(=O)[C@@H]1C[C@@H](O)CN1C(=O)c1cc2c(C)nn(-c3ccccc3)c2s1. The molecule has 140 valence electrons. The van der Waals surface area contributed by atoms with Gasteiger partial charge in [0.25, 0.3) is 5.91 Å². The van der Waals surface area contributed by atoms with Crippen molar-refractivity contribution in [1.82, 2.24) is 14.7 Å². The maximum atomic E-state index is 13.0. The van der Waals surface area contributed by atoms with Gasteiger partial charge in [-0.15, -0.1) is 11.3 Å². The number of methoxy groups -OCH3 is 1. The van der Waals surface area contributed by atoms with Gasteiger partial charge >= 0.3 is 5.97 Å². The highest BCUT2D eigenvalue weighted by atomic mass is 32.1. The molecular formula is C19H19N3O4S. The number of aliphatic hydroxyl groups is 1. The van der Waals surface area contributed by atoms with Gasteiger partial charge in [0, 0.05) is 18.4 Å². The van der Waals surface area contributed by atoms with Gasteiger partial charge in [0.15, 0.2) is 0 Å². The van der Waals surface area contributed by atoms with E-state index in [-0.39, 0.29) is 18.9 Å². The average molecular weight is 385 g/mol. The number of aryl methyl sites for hydroxylation is 1. The fourth-order valence-corrected chi connectivity index (χ4v) is 4.58. The summed E-state index contributed by atoms with van der Waals surface area (Å²) in [5.74, 6) is -0.783. The van der Waals surface area contributed by atoms with Crippen LogP contribution >= 0.6 is 11.3 Å². The van der Waals surface area contributed by atoms with E-state index < -0.39 is 18.1 Å². The number of para-hydroxylation sites is 1. The van der Waals surface area contributed by atoms with Gasteiger partial charge < -0.3 is 14.7 Å². The summed E-state index contributed by atoms with van der Waals surface area (Å²) in [6.07, 6.45) is -0.533. The molecule has 1 aromatic carbocycles. The van der Waals surface area contributed by atoms with Crippen LogP contribution in [0.4, 0.5) is 0 Å². The summed E-state index contributed by atoms with van der Waals surface area (Å²) in [6.45, 7) is 2.02. The molecule has 0 saturated carbocycles. The number of likely N-dealkylation sites (tertiary alicyclic amines) is 1. The number of carbonyl (C=O) groups is 2. The molecule has 1 fully saturated rings. The topological polar surface area (TPSA) is 84.7 Å². The molecule has 0 bridgehead atoms. The van der Waals surface area contributed by atoms with Crippen LogP contribution in [-0.4, -0.2) is 57.5 Å². The van der Waals surface area contributed by atoms with E-state index in [4.69, 9.17) is 4.74 Å². The Morgan fingerprint density at radius 2 is 2.04 bits per heavy atom. The van der Waals surface area contributed by atoms with Gasteiger partial charge in [0.2, 0.25) is 0 Å². The fourth-order valence-electron chi connectivity index (χ4n) is 3.44. The van der Waals surface area contributed by atoms with Crippen molar-refractivity contribution < 1.29 is 19.4 Å². The molecule has 1 N–H and O–H groups in total. The summed E-state index contributed by atoms with van der Waals surface area (Å²) in [5, 5.41) is 15.4. The number of ether oxygens (including phenoxy) is 1. The van der Waals surface area contributed by atoms with Crippen molar-refractivity contribution in [1.29, 1.82) is 0 Å². The molecule has 0 radical (unpaired) electrons. The number of benzene rings is 1. The second-order valence-corrected chi connectivity index (χ2v) is 7.58. The summed E-state index contributed by atoms with van der Waals surface area (Å²) in [7, 11) is 1.28. The summed E-state index contributed by atoms with van der Waals surface area (Å²) in [5.41, 5.74) is 1.75. The van der Waals surface area contributed by atoms with Gasteiger partial charge in [-0.1, -0.05) is 18.2 Å². The van der Waals surface area contributed by atoms with Crippen LogP contribution in [0, 0.1) is 6.92 Å². The first kappa shape index (κ1) is 17.7. The predicted octanol–water partition coefficient (Wildman–Crippen LogP) is 2.14. The van der Waals surface area contributed by atoms with Crippen molar-refractivity contribution in [2.45, 2.75) is 25.5 Å². The van der Waals surface area contributed by atoms with E-state index in [1.54, 1.807) is 0 Å². The van der Waals surface area contributed by atoms with Gasteiger partial charge in [0.1, 0.15) is 10.9 Å². The number of aliphatic hydroxyl groups excluding tert-OH is 1. The average Bonchev–Trinajstić information content (AvgIpc) is 3.36. The van der Waals surface area contributed by atoms with Gasteiger partial charge in [-0.05, 0) is 25.1 Å². The van der Waals surface area contributed by atoms with E-state index >= 15 is 0 Å². The lowest BCUT2D eigenvalue weighted by Crippen LogP contribution is -2.40. The summed E-state index contributed by atoms with van der Waals surface area (Å²) >= 11 is 1.33. The zero-order chi connectivity index (χ0) is 19.1. The van der Waals surface area contributed by atoms with Crippen LogP contribution in [0.1, 0.15) is 21.8 Å². The normalized spacial score (nSPS) is 19.6. The Morgan fingerprint density at radius 3 is 2.74 bits per heavy atom. The molecule has 4 rings (SSSR count). The minimum Gasteiger partial charge on any atom is -0.467 e. The van der Waals surface area contributed by atoms with Crippen molar-refractivity contribution in [3.05, 3.63) is 47.0 Å². The molecule has 1 aliphatic heterocycles. The van der Waals surface area contributed by atoms with Gasteiger partial charge in [-0.2, -0.15) is 5.10 Å². The highest BCUT2D eigenvalue weighted by Gasteiger charge is 2.40. The highest BCUT2D eigenvalue weighted by molar-refractivity contribution is 7.20. The molecule has 7 nitrogen and oxygen atoms in total. The number of hydrogen-bond donors (Lipinski definition) is 1.